The highest BCUT2D eigenvalue weighted by Gasteiger charge is 2.44. The van der Waals surface area contributed by atoms with E-state index in [9.17, 15) is 28.8 Å². The third-order valence-corrected chi connectivity index (χ3v) is 8.50. The molecule has 2 fully saturated rings. The van der Waals surface area contributed by atoms with E-state index in [1.807, 2.05) is 24.3 Å². The average Bonchev–Trinajstić information content (AvgIpc) is 2.82. The van der Waals surface area contributed by atoms with Gasteiger partial charge in [-0.3, -0.25) is 0 Å². The normalized spacial score (nSPS) is 29.6. The Morgan fingerprint density at radius 1 is 0.971 bits per heavy atom. The maximum absolute atomic E-state index is 11.6. The molecule has 0 aliphatic carbocycles. The van der Waals surface area contributed by atoms with Crippen molar-refractivity contribution in [1.82, 2.24) is 0 Å². The summed E-state index contributed by atoms with van der Waals surface area (Å²) in [5.41, 5.74) is 2.32. The molecule has 0 amide bonds. The van der Waals surface area contributed by atoms with Gasteiger partial charge in [0.25, 0.3) is 0 Å². The smallest absolute Gasteiger partial charge is 0.150 e. The number of benzene rings is 2. The van der Waals surface area contributed by atoms with Crippen molar-refractivity contribution < 1.29 is 38.3 Å². The highest BCUT2D eigenvalue weighted by atomic mass is 35.5. The molecular weight excluding hydrogens is 484 g/mol. The fraction of sp³-hybridized carbons (Fsp3) is 0.500. The zero-order chi connectivity index (χ0) is 24.5. The van der Waals surface area contributed by atoms with Crippen LogP contribution in [0, 0.1) is 0 Å². The lowest BCUT2D eigenvalue weighted by molar-refractivity contribution is -0.231. The van der Waals surface area contributed by atoms with Crippen LogP contribution in [0.1, 0.15) is 35.6 Å². The van der Waals surface area contributed by atoms with Crippen molar-refractivity contribution in [3.63, 3.8) is 0 Å². The van der Waals surface area contributed by atoms with Crippen molar-refractivity contribution in [3.8, 4) is 5.75 Å². The van der Waals surface area contributed by atoms with Crippen LogP contribution in [0.25, 0.3) is 0 Å². The van der Waals surface area contributed by atoms with Crippen molar-refractivity contribution in [2.45, 2.75) is 55.9 Å². The van der Waals surface area contributed by atoms with Crippen LogP contribution in [0.15, 0.2) is 42.5 Å². The minimum absolute atomic E-state index is 0.112. The van der Waals surface area contributed by atoms with Crippen LogP contribution < -0.4 is 4.74 Å². The highest BCUT2D eigenvalue weighted by molar-refractivity contribution is 7.91. The molecular formula is C24H29ClO8S. The van der Waals surface area contributed by atoms with Crippen LogP contribution >= 0.6 is 11.6 Å². The zero-order valence-electron chi connectivity index (χ0n) is 18.5. The molecule has 2 aromatic rings. The van der Waals surface area contributed by atoms with Gasteiger partial charge in [-0.1, -0.05) is 35.9 Å². The number of aliphatic hydroxyl groups is 4. The molecule has 0 spiro atoms. The summed E-state index contributed by atoms with van der Waals surface area (Å²) in [4.78, 5) is 0. The van der Waals surface area contributed by atoms with Crippen LogP contribution in [0.2, 0.25) is 5.02 Å². The molecule has 2 aliphatic rings. The molecule has 0 radical (unpaired) electrons. The molecule has 2 aliphatic heterocycles. The molecule has 10 heteroatoms. The first-order valence-corrected chi connectivity index (χ1v) is 13.4. The van der Waals surface area contributed by atoms with Gasteiger partial charge in [-0.2, -0.15) is 0 Å². The Labute approximate surface area is 203 Å². The van der Waals surface area contributed by atoms with Crippen molar-refractivity contribution in [2.24, 2.45) is 0 Å². The molecule has 4 N–H and O–H groups in total. The van der Waals surface area contributed by atoms with Gasteiger partial charge in [0.1, 0.15) is 42.4 Å². The van der Waals surface area contributed by atoms with Gasteiger partial charge in [0.2, 0.25) is 0 Å². The quantitative estimate of drug-likeness (QED) is 0.456. The summed E-state index contributed by atoms with van der Waals surface area (Å²) < 4.78 is 34.7. The monoisotopic (exact) mass is 512 g/mol. The van der Waals surface area contributed by atoms with Crippen LogP contribution in [-0.2, 0) is 21.0 Å². The van der Waals surface area contributed by atoms with E-state index < -0.39 is 47.0 Å². The Bertz CT molecular complexity index is 1070. The molecule has 4 rings (SSSR count). The van der Waals surface area contributed by atoms with Crippen molar-refractivity contribution in [3.05, 3.63) is 64.2 Å². The van der Waals surface area contributed by atoms with Gasteiger partial charge in [-0.05, 0) is 54.2 Å². The highest BCUT2D eigenvalue weighted by Crippen LogP contribution is 2.34. The Hall–Kier alpha value is -1.72. The van der Waals surface area contributed by atoms with Gasteiger partial charge in [-0.25, -0.2) is 8.42 Å². The minimum Gasteiger partial charge on any atom is -0.490 e. The number of ether oxygens (including phenoxy) is 2. The van der Waals surface area contributed by atoms with E-state index in [0.717, 1.165) is 11.1 Å². The molecule has 2 aromatic carbocycles. The molecule has 0 bridgehead atoms. The van der Waals surface area contributed by atoms with E-state index in [1.165, 1.54) is 0 Å². The Balaban J connectivity index is 1.44. The summed E-state index contributed by atoms with van der Waals surface area (Å²) >= 11 is 6.41. The first-order chi connectivity index (χ1) is 16.2. The van der Waals surface area contributed by atoms with Crippen molar-refractivity contribution in [1.29, 1.82) is 0 Å². The zero-order valence-corrected chi connectivity index (χ0v) is 20.0. The van der Waals surface area contributed by atoms with Crippen molar-refractivity contribution in [2.75, 3.05) is 18.1 Å². The number of rotatable bonds is 6. The maximum atomic E-state index is 11.6. The van der Waals surface area contributed by atoms with Crippen molar-refractivity contribution >= 4 is 21.4 Å². The number of aliphatic hydroxyl groups excluding tert-OH is 4. The molecule has 0 unspecified atom stereocenters. The lowest BCUT2D eigenvalue weighted by Crippen LogP contribution is -2.55. The number of hydrogen-bond acceptors (Lipinski definition) is 8. The summed E-state index contributed by atoms with van der Waals surface area (Å²) in [5.74, 6) is 0.979. The number of hydrogen-bond donors (Lipinski definition) is 4. The van der Waals surface area contributed by atoms with E-state index in [2.05, 4.69) is 0 Å². The van der Waals surface area contributed by atoms with Crippen LogP contribution in [-0.4, -0.2) is 77.5 Å². The molecule has 186 valence electrons. The van der Waals surface area contributed by atoms with Crippen LogP contribution in [0.5, 0.6) is 5.75 Å². The number of halogens is 1. The predicted molar refractivity (Wildman–Crippen MR) is 126 cm³/mol. The molecule has 2 saturated heterocycles. The standard InChI is InChI=1S/C24H29ClO8S/c25-19-6-3-15(24-23(29)22(28)21(27)20(13-26)33-24)12-16(19)11-14-1-4-17(5-2-14)32-18-7-9-34(30,31)10-8-18/h1-6,12,18,20-24,26-29H,7-11,13H2/t20-,21-,22+,23-,24+/m1/s1. The fourth-order valence-corrected chi connectivity index (χ4v) is 6.00. The summed E-state index contributed by atoms with van der Waals surface area (Å²) in [6.07, 6.45) is -4.78. The second-order valence-electron chi connectivity index (χ2n) is 8.89. The molecule has 0 saturated carbocycles. The summed E-state index contributed by atoms with van der Waals surface area (Å²) in [5, 5.41) is 40.5. The Kier molecular flexibility index (Phi) is 7.83. The Morgan fingerprint density at radius 2 is 1.65 bits per heavy atom. The predicted octanol–water partition coefficient (Wildman–Crippen LogP) is 1.40. The topological polar surface area (TPSA) is 134 Å². The van der Waals surface area contributed by atoms with E-state index in [-0.39, 0.29) is 17.6 Å². The van der Waals surface area contributed by atoms with Gasteiger partial charge >= 0.3 is 0 Å². The third-order valence-electron chi connectivity index (χ3n) is 6.41. The molecule has 2 heterocycles. The summed E-state index contributed by atoms with van der Waals surface area (Å²) in [7, 11) is -2.93. The summed E-state index contributed by atoms with van der Waals surface area (Å²) in [6, 6.07) is 12.6. The largest absolute Gasteiger partial charge is 0.490 e. The third kappa shape index (κ3) is 5.73. The van der Waals surface area contributed by atoms with E-state index >= 15 is 0 Å². The van der Waals surface area contributed by atoms with Gasteiger partial charge in [0, 0.05) is 5.02 Å². The first-order valence-electron chi connectivity index (χ1n) is 11.2. The minimum atomic E-state index is -2.93. The lowest BCUT2D eigenvalue weighted by atomic mass is 9.90. The van der Waals surface area contributed by atoms with E-state index in [4.69, 9.17) is 21.1 Å². The maximum Gasteiger partial charge on any atom is 0.150 e. The summed E-state index contributed by atoms with van der Waals surface area (Å²) in [6.45, 7) is -0.493. The Morgan fingerprint density at radius 3 is 2.29 bits per heavy atom. The second kappa shape index (κ2) is 10.5. The molecule has 34 heavy (non-hydrogen) atoms. The van der Waals surface area contributed by atoms with Gasteiger partial charge in [-0.15, -0.1) is 0 Å². The molecule has 5 atom stereocenters. The van der Waals surface area contributed by atoms with Gasteiger partial charge < -0.3 is 29.9 Å². The fourth-order valence-electron chi connectivity index (χ4n) is 4.37. The van der Waals surface area contributed by atoms with E-state index in [0.29, 0.717) is 35.6 Å². The number of sulfone groups is 1. The second-order valence-corrected chi connectivity index (χ2v) is 11.6. The lowest BCUT2D eigenvalue weighted by Gasteiger charge is -2.40. The SMILES string of the molecule is O=S1(=O)CCC(Oc2ccc(Cc3cc([C@@H]4O[C@H](CO)[C@@H](O)[C@H](O)[C@H]4O)ccc3Cl)cc2)CC1. The molecule has 8 nitrogen and oxygen atoms in total. The first kappa shape index (κ1) is 25.4. The van der Waals surface area contributed by atoms with Crippen LogP contribution in [0.4, 0.5) is 0 Å². The van der Waals surface area contributed by atoms with E-state index in [1.54, 1.807) is 18.2 Å². The van der Waals surface area contributed by atoms with Crippen LogP contribution in [0.3, 0.4) is 0 Å². The molecule has 0 aromatic heterocycles. The van der Waals surface area contributed by atoms with Gasteiger partial charge in [0.15, 0.2) is 9.84 Å². The average molecular weight is 513 g/mol. The van der Waals surface area contributed by atoms with Gasteiger partial charge in [0.05, 0.1) is 18.1 Å².